The second-order valence-electron chi connectivity index (χ2n) is 4.38. The van der Waals surface area contributed by atoms with Gasteiger partial charge in [-0.25, -0.2) is 0 Å². The van der Waals surface area contributed by atoms with E-state index in [9.17, 15) is 0 Å². The van der Waals surface area contributed by atoms with Gasteiger partial charge in [0.25, 0.3) is 0 Å². The first-order chi connectivity index (χ1) is 8.21. The molecule has 0 spiro atoms. The van der Waals surface area contributed by atoms with Gasteiger partial charge >= 0.3 is 0 Å². The van der Waals surface area contributed by atoms with E-state index in [4.69, 9.17) is 4.74 Å². The van der Waals surface area contributed by atoms with Crippen LogP contribution in [0.25, 0.3) is 0 Å². The van der Waals surface area contributed by atoms with Crippen LogP contribution in [-0.4, -0.2) is 39.2 Å². The lowest BCUT2D eigenvalue weighted by Crippen LogP contribution is -2.31. The highest BCUT2D eigenvalue weighted by Crippen LogP contribution is 2.19. The highest BCUT2D eigenvalue weighted by atomic mass is 16.5. The maximum atomic E-state index is 5.26. The van der Waals surface area contributed by atoms with Crippen molar-refractivity contribution in [1.82, 2.24) is 10.2 Å². The number of ether oxygens (including phenoxy) is 1. The Hall–Kier alpha value is -1.06. The Morgan fingerprint density at radius 1 is 1.41 bits per heavy atom. The first-order valence-corrected chi connectivity index (χ1v) is 6.21. The minimum atomic E-state index is 0.349. The maximum Gasteiger partial charge on any atom is 0.119 e. The molecular weight excluding hydrogens is 212 g/mol. The molecule has 0 heterocycles. The second-order valence-corrected chi connectivity index (χ2v) is 4.38. The summed E-state index contributed by atoms with van der Waals surface area (Å²) in [5.41, 5.74) is 1.27. The molecule has 0 aromatic heterocycles. The summed E-state index contributed by atoms with van der Waals surface area (Å²) in [6.45, 7) is 4.34. The topological polar surface area (TPSA) is 24.5 Å². The van der Waals surface area contributed by atoms with Crippen LogP contribution < -0.4 is 10.1 Å². The average Bonchev–Trinajstić information content (AvgIpc) is 2.36. The number of nitrogens with zero attached hydrogens (tertiary/aromatic N) is 1. The Labute approximate surface area is 105 Å². The van der Waals surface area contributed by atoms with Crippen LogP contribution in [0.1, 0.15) is 24.9 Å². The Morgan fingerprint density at radius 3 is 2.76 bits per heavy atom. The number of hydrogen-bond donors (Lipinski definition) is 1. The van der Waals surface area contributed by atoms with Gasteiger partial charge in [0.05, 0.1) is 7.11 Å². The largest absolute Gasteiger partial charge is 0.497 e. The summed E-state index contributed by atoms with van der Waals surface area (Å²) in [7, 11) is 5.87. The van der Waals surface area contributed by atoms with Crippen molar-refractivity contribution in [2.24, 2.45) is 0 Å². The van der Waals surface area contributed by atoms with Crippen LogP contribution in [0, 0.1) is 0 Å². The smallest absolute Gasteiger partial charge is 0.119 e. The molecule has 1 aromatic carbocycles. The van der Waals surface area contributed by atoms with Gasteiger partial charge in [0.2, 0.25) is 0 Å². The molecule has 0 aliphatic rings. The predicted molar refractivity (Wildman–Crippen MR) is 72.6 cm³/mol. The Bertz CT molecular complexity index is 328. The summed E-state index contributed by atoms with van der Waals surface area (Å²) in [4.78, 5) is 2.35. The van der Waals surface area contributed by atoms with Crippen molar-refractivity contribution >= 4 is 0 Å². The van der Waals surface area contributed by atoms with Crippen molar-refractivity contribution in [3.8, 4) is 5.75 Å². The highest BCUT2D eigenvalue weighted by Gasteiger charge is 2.12. The fraction of sp³-hybridized carbons (Fsp3) is 0.571. The molecule has 1 unspecified atom stereocenters. The zero-order valence-corrected chi connectivity index (χ0v) is 11.4. The number of likely N-dealkylation sites (N-methyl/N-ethyl adjacent to an activating group) is 2. The predicted octanol–water partition coefficient (Wildman–Crippen LogP) is 2.30. The lowest BCUT2D eigenvalue weighted by Gasteiger charge is -2.24. The summed E-state index contributed by atoms with van der Waals surface area (Å²) < 4.78 is 5.26. The van der Waals surface area contributed by atoms with Gasteiger partial charge in [-0.15, -0.1) is 0 Å². The molecule has 0 fully saturated rings. The Balaban J connectivity index is 2.71. The third kappa shape index (κ3) is 4.36. The van der Waals surface area contributed by atoms with Gasteiger partial charge in [-0.3, -0.25) is 0 Å². The normalized spacial score (nSPS) is 12.8. The minimum Gasteiger partial charge on any atom is -0.497 e. The molecule has 1 rings (SSSR count). The highest BCUT2D eigenvalue weighted by molar-refractivity contribution is 5.30. The van der Waals surface area contributed by atoms with E-state index in [1.54, 1.807) is 7.11 Å². The molecule has 1 N–H and O–H groups in total. The van der Waals surface area contributed by atoms with Gasteiger partial charge in [0, 0.05) is 12.6 Å². The zero-order chi connectivity index (χ0) is 12.7. The van der Waals surface area contributed by atoms with E-state index >= 15 is 0 Å². The fourth-order valence-corrected chi connectivity index (χ4v) is 2.01. The molecule has 0 bridgehead atoms. The van der Waals surface area contributed by atoms with Gasteiger partial charge in [-0.1, -0.05) is 19.1 Å². The van der Waals surface area contributed by atoms with Crippen molar-refractivity contribution in [2.75, 3.05) is 34.3 Å². The maximum absolute atomic E-state index is 5.26. The fourth-order valence-electron chi connectivity index (χ4n) is 2.01. The number of nitrogens with one attached hydrogen (secondary N) is 1. The summed E-state index contributed by atoms with van der Waals surface area (Å²) in [6.07, 6.45) is 1.19. The van der Waals surface area contributed by atoms with Crippen LogP contribution in [0.3, 0.4) is 0 Å². The average molecular weight is 236 g/mol. The van der Waals surface area contributed by atoms with Crippen molar-refractivity contribution in [2.45, 2.75) is 19.4 Å². The number of benzene rings is 1. The molecule has 96 valence electrons. The number of rotatable bonds is 7. The van der Waals surface area contributed by atoms with Crippen LogP contribution in [0.4, 0.5) is 0 Å². The summed E-state index contributed by atoms with van der Waals surface area (Å²) in [5, 5.41) is 3.36. The standard InChI is InChI=1S/C14H24N2O/c1-5-9-16(3)11-14(15-2)12-7-6-8-13(10-12)17-4/h6-8,10,14-15H,5,9,11H2,1-4H3. The van der Waals surface area contributed by atoms with Gasteiger partial charge < -0.3 is 15.0 Å². The lowest BCUT2D eigenvalue weighted by molar-refractivity contribution is 0.297. The van der Waals surface area contributed by atoms with Gasteiger partial charge in [0.1, 0.15) is 5.75 Å². The van der Waals surface area contributed by atoms with Gasteiger partial charge in [-0.05, 0) is 44.8 Å². The van der Waals surface area contributed by atoms with Crippen molar-refractivity contribution in [3.05, 3.63) is 29.8 Å². The van der Waals surface area contributed by atoms with Crippen LogP contribution in [0.2, 0.25) is 0 Å². The Morgan fingerprint density at radius 2 is 2.18 bits per heavy atom. The second kappa shape index (κ2) is 7.30. The molecule has 0 radical (unpaired) electrons. The number of hydrogen-bond acceptors (Lipinski definition) is 3. The molecule has 0 aliphatic carbocycles. The van der Waals surface area contributed by atoms with Crippen molar-refractivity contribution < 1.29 is 4.74 Å². The molecule has 1 aromatic rings. The SMILES string of the molecule is CCCN(C)CC(NC)c1cccc(OC)c1. The monoisotopic (exact) mass is 236 g/mol. The van der Waals surface area contributed by atoms with Gasteiger partial charge in [0.15, 0.2) is 0 Å². The van der Waals surface area contributed by atoms with Crippen molar-refractivity contribution in [1.29, 1.82) is 0 Å². The van der Waals surface area contributed by atoms with E-state index < -0.39 is 0 Å². The van der Waals surface area contributed by atoms with Crippen LogP contribution >= 0.6 is 0 Å². The quantitative estimate of drug-likeness (QED) is 0.786. The summed E-state index contributed by atoms with van der Waals surface area (Å²) >= 11 is 0. The Kier molecular flexibility index (Phi) is 6.01. The van der Waals surface area contributed by atoms with E-state index in [0.29, 0.717) is 6.04 Å². The molecular formula is C14H24N2O. The summed E-state index contributed by atoms with van der Waals surface area (Å²) in [5.74, 6) is 0.917. The molecule has 3 nitrogen and oxygen atoms in total. The minimum absolute atomic E-state index is 0.349. The summed E-state index contributed by atoms with van der Waals surface area (Å²) in [6, 6.07) is 8.61. The van der Waals surface area contributed by atoms with Crippen molar-refractivity contribution in [3.63, 3.8) is 0 Å². The lowest BCUT2D eigenvalue weighted by atomic mass is 10.1. The third-order valence-corrected chi connectivity index (χ3v) is 2.94. The van der Waals surface area contributed by atoms with E-state index in [0.717, 1.165) is 18.8 Å². The number of methoxy groups -OCH3 is 1. The van der Waals surface area contributed by atoms with Gasteiger partial charge in [-0.2, -0.15) is 0 Å². The van der Waals surface area contributed by atoms with E-state index in [1.165, 1.54) is 12.0 Å². The molecule has 0 aliphatic heterocycles. The molecule has 0 amide bonds. The van der Waals surface area contributed by atoms with E-state index in [-0.39, 0.29) is 0 Å². The van der Waals surface area contributed by atoms with Crippen LogP contribution in [0.15, 0.2) is 24.3 Å². The van der Waals surface area contributed by atoms with E-state index in [2.05, 4.69) is 36.3 Å². The molecule has 0 saturated carbocycles. The third-order valence-electron chi connectivity index (χ3n) is 2.94. The molecule has 3 heteroatoms. The zero-order valence-electron chi connectivity index (χ0n) is 11.4. The first kappa shape index (κ1) is 14.0. The van der Waals surface area contributed by atoms with E-state index in [1.807, 2.05) is 19.2 Å². The van der Waals surface area contributed by atoms with Crippen LogP contribution in [-0.2, 0) is 0 Å². The molecule has 0 saturated heterocycles. The first-order valence-electron chi connectivity index (χ1n) is 6.21. The molecule has 1 atom stereocenters. The molecule has 17 heavy (non-hydrogen) atoms. The van der Waals surface area contributed by atoms with Crippen LogP contribution in [0.5, 0.6) is 5.75 Å².